The van der Waals surface area contributed by atoms with Crippen molar-refractivity contribution in [1.82, 2.24) is 0 Å². The van der Waals surface area contributed by atoms with E-state index in [2.05, 4.69) is 0 Å². The summed E-state index contributed by atoms with van der Waals surface area (Å²) in [5.74, 6) is 1.02. The van der Waals surface area contributed by atoms with Gasteiger partial charge >= 0.3 is 7.12 Å². The first-order chi connectivity index (χ1) is 8.69. The van der Waals surface area contributed by atoms with Crippen molar-refractivity contribution in [2.45, 2.75) is 12.8 Å². The molecule has 0 atom stereocenters. The summed E-state index contributed by atoms with van der Waals surface area (Å²) in [5.41, 5.74) is 0.307. The van der Waals surface area contributed by atoms with Gasteiger partial charge in [0.1, 0.15) is 11.5 Å². The quantitative estimate of drug-likeness (QED) is 0.511. The Hall–Kier alpha value is -1.24. The second-order valence-electron chi connectivity index (χ2n) is 3.83. The first kappa shape index (κ1) is 14.8. The lowest BCUT2D eigenvalue weighted by atomic mass is 9.79. The monoisotopic (exact) mass is 254 g/mol. The first-order valence-corrected chi connectivity index (χ1v) is 5.85. The summed E-state index contributed by atoms with van der Waals surface area (Å²) >= 11 is 0. The van der Waals surface area contributed by atoms with Crippen LogP contribution in [0, 0.1) is 0 Å². The molecule has 0 aliphatic carbocycles. The van der Waals surface area contributed by atoms with Crippen LogP contribution in [-0.2, 0) is 4.74 Å². The van der Waals surface area contributed by atoms with Crippen molar-refractivity contribution in [2.75, 3.05) is 27.4 Å². The molecule has 0 bridgehead atoms. The number of benzene rings is 1. The average molecular weight is 254 g/mol. The van der Waals surface area contributed by atoms with Crippen LogP contribution in [-0.4, -0.2) is 44.6 Å². The lowest BCUT2D eigenvalue weighted by Gasteiger charge is -2.12. The molecule has 1 aromatic carbocycles. The van der Waals surface area contributed by atoms with Crippen LogP contribution < -0.4 is 14.9 Å². The van der Waals surface area contributed by atoms with Crippen molar-refractivity contribution in [1.29, 1.82) is 0 Å². The predicted octanol–water partition coefficient (Wildman–Crippen LogP) is 0.180. The normalized spacial score (nSPS) is 10.2. The molecule has 0 aromatic heterocycles. The van der Waals surface area contributed by atoms with Gasteiger partial charge in [-0.1, -0.05) is 0 Å². The molecule has 100 valence electrons. The molecule has 1 rings (SSSR count). The predicted molar refractivity (Wildman–Crippen MR) is 69.4 cm³/mol. The molecule has 18 heavy (non-hydrogen) atoms. The minimum atomic E-state index is -1.57. The van der Waals surface area contributed by atoms with Crippen molar-refractivity contribution in [3.05, 3.63) is 18.2 Å². The number of hydrogen-bond donors (Lipinski definition) is 2. The maximum absolute atomic E-state index is 9.27. The van der Waals surface area contributed by atoms with E-state index in [0.717, 1.165) is 12.8 Å². The Kier molecular flexibility index (Phi) is 6.56. The molecule has 0 spiro atoms. The molecular formula is C12H19BO5. The van der Waals surface area contributed by atoms with E-state index in [4.69, 9.17) is 14.2 Å². The Morgan fingerprint density at radius 1 is 1.11 bits per heavy atom. The Bertz CT molecular complexity index is 356. The molecule has 0 saturated carbocycles. The number of unbranched alkanes of at least 4 members (excludes halogenated alkanes) is 1. The van der Waals surface area contributed by atoms with Gasteiger partial charge in [-0.15, -0.1) is 0 Å². The fourth-order valence-electron chi connectivity index (χ4n) is 1.52. The van der Waals surface area contributed by atoms with E-state index >= 15 is 0 Å². The second-order valence-corrected chi connectivity index (χ2v) is 3.83. The van der Waals surface area contributed by atoms with Crippen LogP contribution in [0.3, 0.4) is 0 Å². The van der Waals surface area contributed by atoms with Crippen LogP contribution >= 0.6 is 0 Å². The highest BCUT2D eigenvalue weighted by Gasteiger charge is 2.18. The van der Waals surface area contributed by atoms with Gasteiger partial charge in [0.2, 0.25) is 0 Å². The smallest absolute Gasteiger partial charge is 0.492 e. The lowest BCUT2D eigenvalue weighted by Crippen LogP contribution is -2.31. The molecule has 2 N–H and O–H groups in total. The maximum atomic E-state index is 9.27. The molecule has 0 unspecified atom stereocenters. The second kappa shape index (κ2) is 7.97. The molecule has 1 aromatic rings. The molecule has 6 heteroatoms. The Balaban J connectivity index is 2.58. The van der Waals surface area contributed by atoms with Crippen LogP contribution in [0.5, 0.6) is 11.5 Å². The van der Waals surface area contributed by atoms with Crippen molar-refractivity contribution in [2.24, 2.45) is 0 Å². The summed E-state index contributed by atoms with van der Waals surface area (Å²) < 4.78 is 15.5. The highest BCUT2D eigenvalue weighted by atomic mass is 16.5. The van der Waals surface area contributed by atoms with Gasteiger partial charge in [0, 0.05) is 19.2 Å². The van der Waals surface area contributed by atoms with Crippen LogP contribution in [0.15, 0.2) is 18.2 Å². The van der Waals surface area contributed by atoms with E-state index in [-0.39, 0.29) is 0 Å². The number of rotatable bonds is 8. The van der Waals surface area contributed by atoms with E-state index < -0.39 is 7.12 Å². The van der Waals surface area contributed by atoms with Gasteiger partial charge in [-0.3, -0.25) is 0 Å². The zero-order chi connectivity index (χ0) is 13.4. The largest absolute Gasteiger partial charge is 0.497 e. The number of methoxy groups -OCH3 is 2. The van der Waals surface area contributed by atoms with Crippen LogP contribution in [0.2, 0.25) is 0 Å². The maximum Gasteiger partial charge on any atom is 0.492 e. The molecule has 0 heterocycles. The number of hydrogen-bond acceptors (Lipinski definition) is 5. The van der Waals surface area contributed by atoms with Crippen molar-refractivity contribution < 1.29 is 24.3 Å². The van der Waals surface area contributed by atoms with Gasteiger partial charge in [-0.25, -0.2) is 0 Å². The van der Waals surface area contributed by atoms with E-state index in [0.29, 0.717) is 30.2 Å². The molecule has 0 amide bonds. The van der Waals surface area contributed by atoms with Gasteiger partial charge in [0.05, 0.1) is 13.7 Å². The van der Waals surface area contributed by atoms with E-state index in [1.165, 1.54) is 7.11 Å². The number of ether oxygens (including phenoxy) is 3. The van der Waals surface area contributed by atoms with Crippen molar-refractivity contribution in [3.8, 4) is 11.5 Å². The highest BCUT2D eigenvalue weighted by Crippen LogP contribution is 2.16. The van der Waals surface area contributed by atoms with E-state index in [1.807, 2.05) is 0 Å². The third-order valence-corrected chi connectivity index (χ3v) is 2.50. The lowest BCUT2D eigenvalue weighted by molar-refractivity contribution is 0.184. The minimum Gasteiger partial charge on any atom is -0.497 e. The minimum absolute atomic E-state index is 0.307. The molecule has 0 saturated heterocycles. The standard InChI is InChI=1S/C12H19BO5/c1-16-7-3-4-8-18-12-6-5-10(17-2)9-11(12)13(14)15/h5-6,9,14-15H,3-4,7-8H2,1-2H3. The summed E-state index contributed by atoms with van der Waals surface area (Å²) in [5, 5.41) is 18.5. The third kappa shape index (κ3) is 4.56. The Morgan fingerprint density at radius 3 is 2.44 bits per heavy atom. The zero-order valence-electron chi connectivity index (χ0n) is 10.8. The van der Waals surface area contributed by atoms with Crippen LogP contribution in [0.25, 0.3) is 0 Å². The SMILES string of the molecule is COCCCCOc1ccc(OC)cc1B(O)O. The van der Waals surface area contributed by atoms with Crippen molar-refractivity contribution in [3.63, 3.8) is 0 Å². The van der Waals surface area contributed by atoms with Crippen LogP contribution in [0.1, 0.15) is 12.8 Å². The fourth-order valence-corrected chi connectivity index (χ4v) is 1.52. The van der Waals surface area contributed by atoms with Gasteiger partial charge in [-0.2, -0.15) is 0 Å². The molecule has 0 aliphatic rings. The summed E-state index contributed by atoms with van der Waals surface area (Å²) in [7, 11) is 1.60. The topological polar surface area (TPSA) is 68.2 Å². The molecule has 0 radical (unpaired) electrons. The van der Waals surface area contributed by atoms with Gasteiger partial charge in [-0.05, 0) is 31.0 Å². The van der Waals surface area contributed by atoms with E-state index in [9.17, 15) is 10.0 Å². The van der Waals surface area contributed by atoms with Gasteiger partial charge in [0.15, 0.2) is 0 Å². The van der Waals surface area contributed by atoms with E-state index in [1.54, 1.807) is 25.3 Å². The third-order valence-electron chi connectivity index (χ3n) is 2.50. The molecule has 5 nitrogen and oxygen atoms in total. The Morgan fingerprint density at radius 2 is 1.83 bits per heavy atom. The zero-order valence-corrected chi connectivity index (χ0v) is 10.8. The summed E-state index contributed by atoms with van der Waals surface area (Å²) in [6.45, 7) is 1.21. The van der Waals surface area contributed by atoms with Gasteiger partial charge < -0.3 is 24.3 Å². The molecule has 0 aliphatic heterocycles. The summed E-state index contributed by atoms with van der Waals surface area (Å²) in [4.78, 5) is 0. The van der Waals surface area contributed by atoms with Crippen molar-refractivity contribution >= 4 is 12.6 Å². The van der Waals surface area contributed by atoms with Gasteiger partial charge in [0.25, 0.3) is 0 Å². The fraction of sp³-hybridized carbons (Fsp3) is 0.500. The molecular weight excluding hydrogens is 235 g/mol. The first-order valence-electron chi connectivity index (χ1n) is 5.85. The average Bonchev–Trinajstić information content (AvgIpc) is 2.38. The Labute approximate surface area is 107 Å². The summed E-state index contributed by atoms with van der Waals surface area (Å²) in [6, 6.07) is 4.94. The molecule has 0 fully saturated rings. The highest BCUT2D eigenvalue weighted by molar-refractivity contribution is 6.59. The van der Waals surface area contributed by atoms with Crippen LogP contribution in [0.4, 0.5) is 0 Å². The summed E-state index contributed by atoms with van der Waals surface area (Å²) in [6.07, 6.45) is 1.75.